The molecular weight excluding hydrogens is 252 g/mol. The van der Waals surface area contributed by atoms with Crippen LogP contribution in [0.2, 0.25) is 0 Å². The van der Waals surface area contributed by atoms with E-state index in [1.54, 1.807) is 33.5 Å². The van der Waals surface area contributed by atoms with Crippen LogP contribution >= 0.6 is 0 Å². The van der Waals surface area contributed by atoms with E-state index in [1.807, 2.05) is 0 Å². The van der Waals surface area contributed by atoms with Gasteiger partial charge in [-0.25, -0.2) is 0 Å². The largest absolute Gasteiger partial charge is 0.493 e. The van der Waals surface area contributed by atoms with E-state index in [-0.39, 0.29) is 6.61 Å². The van der Waals surface area contributed by atoms with E-state index in [1.165, 1.54) is 0 Å². The summed E-state index contributed by atoms with van der Waals surface area (Å²) in [6, 6.07) is 3.43. The maximum atomic E-state index is 8.56. The van der Waals surface area contributed by atoms with Gasteiger partial charge in [-0.05, 0) is 0 Å². The Morgan fingerprint density at radius 3 is 2.00 bits per heavy atom. The highest BCUT2D eigenvalue weighted by molar-refractivity contribution is 5.55. The molecule has 0 bridgehead atoms. The molecule has 6 heteroatoms. The Hall–Kier alpha value is -1.66. The third-order valence-corrected chi connectivity index (χ3v) is 2.37. The maximum absolute atomic E-state index is 8.56. The summed E-state index contributed by atoms with van der Waals surface area (Å²) < 4.78 is 26.3. The Morgan fingerprint density at radius 1 is 0.895 bits per heavy atom. The molecule has 108 valence electrons. The van der Waals surface area contributed by atoms with Gasteiger partial charge in [-0.2, -0.15) is 0 Å². The molecule has 0 atom stereocenters. The summed E-state index contributed by atoms with van der Waals surface area (Å²) in [7, 11) is 4.64. The SMILES string of the molecule is COc1cc(OCCOCCO)cc(OC)c1OC. The Labute approximate surface area is 112 Å². The Morgan fingerprint density at radius 2 is 1.53 bits per heavy atom. The number of hydrogen-bond donors (Lipinski definition) is 1. The van der Waals surface area contributed by atoms with Crippen molar-refractivity contribution in [2.75, 3.05) is 47.8 Å². The van der Waals surface area contributed by atoms with Crippen LogP contribution in [0, 0.1) is 0 Å². The molecule has 0 fully saturated rings. The van der Waals surface area contributed by atoms with E-state index in [9.17, 15) is 0 Å². The van der Waals surface area contributed by atoms with Crippen LogP contribution in [0.3, 0.4) is 0 Å². The van der Waals surface area contributed by atoms with Crippen molar-refractivity contribution in [3.63, 3.8) is 0 Å². The number of aliphatic hydroxyl groups excluding tert-OH is 1. The first-order valence-electron chi connectivity index (χ1n) is 5.88. The third kappa shape index (κ3) is 4.50. The van der Waals surface area contributed by atoms with Gasteiger partial charge in [0.15, 0.2) is 11.5 Å². The lowest BCUT2D eigenvalue weighted by atomic mass is 10.2. The van der Waals surface area contributed by atoms with Crippen LogP contribution in [0.15, 0.2) is 12.1 Å². The predicted molar refractivity (Wildman–Crippen MR) is 69.5 cm³/mol. The lowest BCUT2D eigenvalue weighted by molar-refractivity contribution is 0.0704. The number of aliphatic hydroxyl groups is 1. The number of methoxy groups -OCH3 is 3. The van der Waals surface area contributed by atoms with Crippen molar-refractivity contribution in [3.8, 4) is 23.0 Å². The Balaban J connectivity index is 2.68. The van der Waals surface area contributed by atoms with Crippen LogP contribution in [-0.4, -0.2) is 52.9 Å². The van der Waals surface area contributed by atoms with Crippen molar-refractivity contribution < 1.29 is 28.8 Å². The number of ether oxygens (including phenoxy) is 5. The van der Waals surface area contributed by atoms with Gasteiger partial charge in [0.1, 0.15) is 12.4 Å². The zero-order valence-electron chi connectivity index (χ0n) is 11.5. The summed E-state index contributed by atoms with van der Waals surface area (Å²) in [4.78, 5) is 0. The summed E-state index contributed by atoms with van der Waals surface area (Å²) in [5.41, 5.74) is 0. The maximum Gasteiger partial charge on any atom is 0.203 e. The summed E-state index contributed by atoms with van der Waals surface area (Å²) in [5, 5.41) is 8.56. The van der Waals surface area contributed by atoms with Crippen LogP contribution < -0.4 is 18.9 Å². The zero-order chi connectivity index (χ0) is 14.1. The minimum Gasteiger partial charge on any atom is -0.493 e. The molecule has 0 saturated carbocycles. The molecule has 0 aliphatic heterocycles. The summed E-state index contributed by atoms with van der Waals surface area (Å²) in [6.07, 6.45) is 0. The summed E-state index contributed by atoms with van der Waals surface area (Å²) in [5.74, 6) is 2.19. The molecule has 1 N–H and O–H groups in total. The topological polar surface area (TPSA) is 66.4 Å². The highest BCUT2D eigenvalue weighted by Crippen LogP contribution is 2.40. The van der Waals surface area contributed by atoms with Gasteiger partial charge < -0.3 is 28.8 Å². The van der Waals surface area contributed by atoms with Crippen LogP contribution in [0.5, 0.6) is 23.0 Å². The number of hydrogen-bond acceptors (Lipinski definition) is 6. The Bertz CT molecular complexity index is 354. The van der Waals surface area contributed by atoms with E-state index in [4.69, 9.17) is 28.8 Å². The second-order valence-electron chi connectivity index (χ2n) is 3.55. The third-order valence-electron chi connectivity index (χ3n) is 2.37. The van der Waals surface area contributed by atoms with Crippen LogP contribution in [0.4, 0.5) is 0 Å². The average Bonchev–Trinajstić information content (AvgIpc) is 2.45. The van der Waals surface area contributed by atoms with Crippen LogP contribution in [0.1, 0.15) is 0 Å². The molecule has 0 aromatic heterocycles. The molecule has 0 spiro atoms. The molecule has 0 saturated heterocycles. The molecule has 0 radical (unpaired) electrons. The van der Waals surface area contributed by atoms with Crippen molar-refractivity contribution in [2.45, 2.75) is 0 Å². The Kier molecular flexibility index (Phi) is 6.84. The average molecular weight is 272 g/mol. The zero-order valence-corrected chi connectivity index (χ0v) is 11.5. The van der Waals surface area contributed by atoms with Gasteiger partial charge in [0.05, 0.1) is 41.2 Å². The first-order chi connectivity index (χ1) is 9.26. The van der Waals surface area contributed by atoms with Crippen molar-refractivity contribution in [3.05, 3.63) is 12.1 Å². The fraction of sp³-hybridized carbons (Fsp3) is 0.538. The molecule has 0 aliphatic carbocycles. The van der Waals surface area contributed by atoms with Gasteiger partial charge in [0.2, 0.25) is 5.75 Å². The molecule has 0 unspecified atom stereocenters. The fourth-order valence-electron chi connectivity index (χ4n) is 1.53. The smallest absolute Gasteiger partial charge is 0.203 e. The van der Waals surface area contributed by atoms with Crippen molar-refractivity contribution >= 4 is 0 Å². The molecule has 0 heterocycles. The normalized spacial score (nSPS) is 10.1. The van der Waals surface area contributed by atoms with E-state index >= 15 is 0 Å². The van der Waals surface area contributed by atoms with Gasteiger partial charge in [-0.15, -0.1) is 0 Å². The highest BCUT2D eigenvalue weighted by Gasteiger charge is 2.13. The quantitative estimate of drug-likeness (QED) is 0.679. The molecule has 1 aromatic carbocycles. The van der Waals surface area contributed by atoms with E-state index in [0.717, 1.165) is 0 Å². The minimum absolute atomic E-state index is 0.00415. The molecular formula is C13H20O6. The summed E-state index contributed by atoms with van der Waals surface area (Å²) in [6.45, 7) is 1.08. The van der Waals surface area contributed by atoms with E-state index in [0.29, 0.717) is 42.8 Å². The van der Waals surface area contributed by atoms with E-state index < -0.39 is 0 Å². The first kappa shape index (κ1) is 15.4. The lowest BCUT2D eigenvalue weighted by Crippen LogP contribution is -2.09. The van der Waals surface area contributed by atoms with Gasteiger partial charge in [-0.3, -0.25) is 0 Å². The van der Waals surface area contributed by atoms with Crippen molar-refractivity contribution in [1.82, 2.24) is 0 Å². The van der Waals surface area contributed by atoms with Crippen LogP contribution in [-0.2, 0) is 4.74 Å². The summed E-state index contributed by atoms with van der Waals surface area (Å²) >= 11 is 0. The second kappa shape index (κ2) is 8.44. The molecule has 0 aliphatic rings. The van der Waals surface area contributed by atoms with E-state index in [2.05, 4.69) is 0 Å². The minimum atomic E-state index is 0.00415. The molecule has 19 heavy (non-hydrogen) atoms. The monoisotopic (exact) mass is 272 g/mol. The molecule has 1 aromatic rings. The standard InChI is InChI=1S/C13H20O6/c1-15-11-8-10(19-7-6-18-5-4-14)9-12(16-2)13(11)17-3/h8-9,14H,4-7H2,1-3H3. The molecule has 0 amide bonds. The van der Waals surface area contributed by atoms with Gasteiger partial charge in [0.25, 0.3) is 0 Å². The molecule has 1 rings (SSSR count). The number of benzene rings is 1. The van der Waals surface area contributed by atoms with Gasteiger partial charge >= 0.3 is 0 Å². The van der Waals surface area contributed by atoms with Gasteiger partial charge in [-0.1, -0.05) is 0 Å². The van der Waals surface area contributed by atoms with Crippen molar-refractivity contribution in [2.24, 2.45) is 0 Å². The lowest BCUT2D eigenvalue weighted by Gasteiger charge is -2.14. The predicted octanol–water partition coefficient (Wildman–Crippen LogP) is 1.10. The van der Waals surface area contributed by atoms with Gasteiger partial charge in [0, 0.05) is 12.1 Å². The molecule has 6 nitrogen and oxygen atoms in total. The highest BCUT2D eigenvalue weighted by atomic mass is 16.5. The van der Waals surface area contributed by atoms with Crippen LogP contribution in [0.25, 0.3) is 0 Å². The first-order valence-corrected chi connectivity index (χ1v) is 5.88. The fourth-order valence-corrected chi connectivity index (χ4v) is 1.53. The van der Waals surface area contributed by atoms with Crippen molar-refractivity contribution in [1.29, 1.82) is 0 Å². The second-order valence-corrected chi connectivity index (χ2v) is 3.55. The number of rotatable bonds is 9.